The third-order valence-electron chi connectivity index (χ3n) is 3.01. The second kappa shape index (κ2) is 6.13. The van der Waals surface area contributed by atoms with E-state index in [0.717, 1.165) is 11.3 Å². The Morgan fingerprint density at radius 1 is 1.25 bits per heavy atom. The van der Waals surface area contributed by atoms with Crippen molar-refractivity contribution in [3.8, 4) is 11.5 Å². The highest BCUT2D eigenvalue weighted by Gasteiger charge is 2.11. The van der Waals surface area contributed by atoms with Gasteiger partial charge in [0, 0.05) is 16.2 Å². The van der Waals surface area contributed by atoms with Gasteiger partial charge in [0.2, 0.25) is 0 Å². The van der Waals surface area contributed by atoms with Crippen molar-refractivity contribution in [2.24, 2.45) is 0 Å². The van der Waals surface area contributed by atoms with E-state index in [4.69, 9.17) is 4.74 Å². The number of rotatable bonds is 4. The van der Waals surface area contributed by atoms with E-state index in [1.807, 2.05) is 13.0 Å². The van der Waals surface area contributed by atoms with Crippen LogP contribution < -0.4 is 10.1 Å². The van der Waals surface area contributed by atoms with Gasteiger partial charge in [0.25, 0.3) is 0 Å². The molecule has 1 unspecified atom stereocenters. The van der Waals surface area contributed by atoms with Crippen molar-refractivity contribution >= 4 is 21.6 Å². The Kier molecular flexibility index (Phi) is 4.49. The number of anilines is 1. The second-order valence-corrected chi connectivity index (χ2v) is 5.28. The van der Waals surface area contributed by atoms with Crippen LogP contribution in [-0.2, 0) is 0 Å². The summed E-state index contributed by atoms with van der Waals surface area (Å²) in [5, 5.41) is 12.9. The summed E-state index contributed by atoms with van der Waals surface area (Å²) in [5.74, 6) is 0.238. The van der Waals surface area contributed by atoms with Crippen LogP contribution in [0.2, 0.25) is 0 Å². The number of nitrogens with one attached hydrogen (secondary N) is 1. The maximum absolute atomic E-state index is 13.0. The highest BCUT2D eigenvalue weighted by Crippen LogP contribution is 2.31. The van der Waals surface area contributed by atoms with E-state index in [2.05, 4.69) is 21.2 Å². The first kappa shape index (κ1) is 14.7. The lowest BCUT2D eigenvalue weighted by Crippen LogP contribution is -2.07. The van der Waals surface area contributed by atoms with Gasteiger partial charge in [-0.05, 0) is 58.7 Å². The maximum Gasteiger partial charge on any atom is 0.160 e. The minimum absolute atomic E-state index is 0.0220. The molecule has 0 aliphatic heterocycles. The SMILES string of the molecule is COc1cc(C(C)Nc2ccc(F)cc2Br)ccc1O. The largest absolute Gasteiger partial charge is 0.504 e. The summed E-state index contributed by atoms with van der Waals surface area (Å²) in [6.07, 6.45) is 0. The lowest BCUT2D eigenvalue weighted by Gasteiger charge is -2.18. The van der Waals surface area contributed by atoms with Gasteiger partial charge in [-0.2, -0.15) is 0 Å². The molecule has 0 aliphatic carbocycles. The monoisotopic (exact) mass is 339 g/mol. The Bertz CT molecular complexity index is 619. The van der Waals surface area contributed by atoms with Gasteiger partial charge in [0.05, 0.1) is 7.11 Å². The molecule has 0 radical (unpaired) electrons. The average Bonchev–Trinajstić information content (AvgIpc) is 2.42. The molecular weight excluding hydrogens is 325 g/mol. The predicted molar refractivity (Wildman–Crippen MR) is 80.8 cm³/mol. The zero-order valence-electron chi connectivity index (χ0n) is 11.2. The number of benzene rings is 2. The number of hydrogen-bond donors (Lipinski definition) is 2. The lowest BCUT2D eigenvalue weighted by atomic mass is 10.1. The molecule has 5 heteroatoms. The first-order valence-corrected chi connectivity index (χ1v) is 6.89. The Morgan fingerprint density at radius 3 is 2.65 bits per heavy atom. The fourth-order valence-electron chi connectivity index (χ4n) is 1.89. The van der Waals surface area contributed by atoms with Gasteiger partial charge >= 0.3 is 0 Å². The van der Waals surface area contributed by atoms with E-state index in [1.54, 1.807) is 18.2 Å². The highest BCUT2D eigenvalue weighted by molar-refractivity contribution is 9.10. The van der Waals surface area contributed by atoms with Crippen molar-refractivity contribution in [1.82, 2.24) is 0 Å². The van der Waals surface area contributed by atoms with E-state index in [1.165, 1.54) is 19.2 Å². The Labute approximate surface area is 125 Å². The van der Waals surface area contributed by atoms with Crippen molar-refractivity contribution in [1.29, 1.82) is 0 Å². The number of aromatic hydroxyl groups is 1. The molecular formula is C15H15BrFNO2. The zero-order chi connectivity index (χ0) is 14.7. The Morgan fingerprint density at radius 2 is 2.00 bits per heavy atom. The Hall–Kier alpha value is -1.75. The fraction of sp³-hybridized carbons (Fsp3) is 0.200. The third-order valence-corrected chi connectivity index (χ3v) is 3.66. The summed E-state index contributed by atoms with van der Waals surface area (Å²) in [6, 6.07) is 9.63. The fourth-order valence-corrected chi connectivity index (χ4v) is 2.35. The van der Waals surface area contributed by atoms with E-state index in [9.17, 15) is 9.50 Å². The summed E-state index contributed by atoms with van der Waals surface area (Å²) < 4.78 is 18.8. The Balaban J connectivity index is 2.21. The zero-order valence-corrected chi connectivity index (χ0v) is 12.7. The standard InChI is InChI=1S/C15H15BrFNO2/c1-9(10-3-6-14(19)15(7-10)20-2)18-13-5-4-11(17)8-12(13)16/h3-9,18-19H,1-2H3. The first-order chi connectivity index (χ1) is 9.51. The molecule has 0 heterocycles. The van der Waals surface area contributed by atoms with Crippen LogP contribution in [0, 0.1) is 5.82 Å². The minimum Gasteiger partial charge on any atom is -0.504 e. The van der Waals surface area contributed by atoms with Gasteiger partial charge in [0.15, 0.2) is 11.5 Å². The molecule has 106 valence electrons. The number of hydrogen-bond acceptors (Lipinski definition) is 3. The van der Waals surface area contributed by atoms with Gasteiger partial charge in [-0.25, -0.2) is 4.39 Å². The van der Waals surface area contributed by atoms with Crippen LogP contribution in [0.25, 0.3) is 0 Å². The normalized spacial score (nSPS) is 12.0. The summed E-state index contributed by atoms with van der Waals surface area (Å²) in [6.45, 7) is 1.97. The van der Waals surface area contributed by atoms with Crippen molar-refractivity contribution in [2.75, 3.05) is 12.4 Å². The van der Waals surface area contributed by atoms with Crippen LogP contribution in [0.5, 0.6) is 11.5 Å². The summed E-state index contributed by atoms with van der Waals surface area (Å²) in [5.41, 5.74) is 1.75. The number of phenolic OH excluding ortho intramolecular Hbond substituents is 1. The summed E-state index contributed by atoms with van der Waals surface area (Å²) in [4.78, 5) is 0. The van der Waals surface area contributed by atoms with Gasteiger partial charge in [-0.3, -0.25) is 0 Å². The molecule has 20 heavy (non-hydrogen) atoms. The first-order valence-electron chi connectivity index (χ1n) is 6.09. The van der Waals surface area contributed by atoms with E-state index < -0.39 is 0 Å². The molecule has 0 saturated carbocycles. The topological polar surface area (TPSA) is 41.5 Å². The van der Waals surface area contributed by atoms with Crippen LogP contribution in [0.4, 0.5) is 10.1 Å². The molecule has 2 rings (SSSR count). The minimum atomic E-state index is -0.290. The molecule has 2 aromatic carbocycles. The van der Waals surface area contributed by atoms with Gasteiger partial charge < -0.3 is 15.2 Å². The molecule has 0 amide bonds. The van der Waals surface area contributed by atoms with Gasteiger partial charge in [0.1, 0.15) is 5.82 Å². The molecule has 1 atom stereocenters. The lowest BCUT2D eigenvalue weighted by molar-refractivity contribution is 0.373. The number of methoxy groups -OCH3 is 1. The van der Waals surface area contributed by atoms with Crippen molar-refractivity contribution in [3.05, 3.63) is 52.3 Å². The highest BCUT2D eigenvalue weighted by atomic mass is 79.9. The van der Waals surface area contributed by atoms with Crippen LogP contribution >= 0.6 is 15.9 Å². The van der Waals surface area contributed by atoms with Crippen LogP contribution in [-0.4, -0.2) is 12.2 Å². The number of phenols is 1. The van der Waals surface area contributed by atoms with Crippen molar-refractivity contribution in [3.63, 3.8) is 0 Å². The smallest absolute Gasteiger partial charge is 0.160 e. The number of ether oxygens (including phenoxy) is 1. The van der Waals surface area contributed by atoms with E-state index in [0.29, 0.717) is 10.2 Å². The van der Waals surface area contributed by atoms with Gasteiger partial charge in [-0.1, -0.05) is 6.07 Å². The van der Waals surface area contributed by atoms with E-state index >= 15 is 0 Å². The molecule has 0 spiro atoms. The van der Waals surface area contributed by atoms with Gasteiger partial charge in [-0.15, -0.1) is 0 Å². The average molecular weight is 340 g/mol. The predicted octanol–water partition coefficient (Wildman–Crippen LogP) is 4.48. The molecule has 2 aromatic rings. The molecule has 2 N–H and O–H groups in total. The molecule has 0 bridgehead atoms. The molecule has 0 aliphatic rings. The number of halogens is 2. The third kappa shape index (κ3) is 3.22. The summed E-state index contributed by atoms with van der Waals surface area (Å²) >= 11 is 3.32. The maximum atomic E-state index is 13.0. The summed E-state index contributed by atoms with van der Waals surface area (Å²) in [7, 11) is 1.51. The quantitative estimate of drug-likeness (QED) is 0.863. The molecule has 3 nitrogen and oxygen atoms in total. The molecule has 0 saturated heterocycles. The second-order valence-electron chi connectivity index (χ2n) is 4.42. The van der Waals surface area contributed by atoms with Crippen LogP contribution in [0.3, 0.4) is 0 Å². The molecule has 0 aromatic heterocycles. The van der Waals surface area contributed by atoms with Crippen molar-refractivity contribution < 1.29 is 14.2 Å². The van der Waals surface area contributed by atoms with Crippen LogP contribution in [0.1, 0.15) is 18.5 Å². The van der Waals surface area contributed by atoms with Crippen molar-refractivity contribution in [2.45, 2.75) is 13.0 Å². The van der Waals surface area contributed by atoms with E-state index in [-0.39, 0.29) is 17.6 Å². The van der Waals surface area contributed by atoms with Crippen LogP contribution in [0.15, 0.2) is 40.9 Å². The molecule has 0 fully saturated rings.